The summed E-state index contributed by atoms with van der Waals surface area (Å²) in [6.45, 7) is -0.331. The van der Waals surface area contributed by atoms with Gasteiger partial charge in [0, 0.05) is 5.39 Å². The molecule has 0 aliphatic carbocycles. The zero-order valence-electron chi connectivity index (χ0n) is 19.7. The number of nitrogens with one attached hydrogen (secondary N) is 1. The fourth-order valence-electron chi connectivity index (χ4n) is 4.18. The van der Waals surface area contributed by atoms with Crippen LogP contribution >= 0.6 is 0 Å². The molecule has 0 radical (unpaired) electrons. The Bertz CT molecular complexity index is 1700. The summed E-state index contributed by atoms with van der Waals surface area (Å²) >= 11 is 0. The third-order valence-electron chi connectivity index (χ3n) is 5.92. The number of anilines is 1. The van der Waals surface area contributed by atoms with Crippen LogP contribution in [-0.2, 0) is 17.9 Å². The van der Waals surface area contributed by atoms with Gasteiger partial charge < -0.3 is 19.2 Å². The van der Waals surface area contributed by atoms with Crippen molar-refractivity contribution in [3.8, 4) is 11.5 Å². The van der Waals surface area contributed by atoms with Crippen molar-refractivity contribution in [1.82, 2.24) is 9.13 Å². The van der Waals surface area contributed by atoms with E-state index < -0.39 is 17.2 Å². The number of carbonyl (C=O) groups is 1. The first-order valence-electron chi connectivity index (χ1n) is 11.2. The molecule has 0 unspecified atom stereocenters. The molecule has 2 aromatic heterocycles. The molecule has 0 saturated heterocycles. The van der Waals surface area contributed by atoms with Crippen molar-refractivity contribution in [2.24, 2.45) is 0 Å². The van der Waals surface area contributed by atoms with Crippen LogP contribution in [0.4, 0.5) is 5.69 Å². The number of aromatic nitrogens is 2. The molecule has 0 fully saturated rings. The van der Waals surface area contributed by atoms with Gasteiger partial charge in [-0.05, 0) is 42.0 Å². The van der Waals surface area contributed by atoms with Crippen molar-refractivity contribution in [1.29, 1.82) is 0 Å². The number of nitrogens with zero attached hydrogens (tertiary/aromatic N) is 2. The molecule has 0 bridgehead atoms. The van der Waals surface area contributed by atoms with Gasteiger partial charge >= 0.3 is 5.69 Å². The first-order chi connectivity index (χ1) is 17.5. The zero-order valence-corrected chi connectivity index (χ0v) is 19.7. The normalized spacial score (nSPS) is 11.1. The van der Waals surface area contributed by atoms with Crippen molar-refractivity contribution >= 4 is 33.7 Å². The van der Waals surface area contributed by atoms with E-state index in [1.807, 2.05) is 0 Å². The Labute approximate surface area is 205 Å². The average Bonchev–Trinajstić information content (AvgIpc) is 3.29. The number of amides is 1. The summed E-state index contributed by atoms with van der Waals surface area (Å²) in [5.41, 5.74) is 0.739. The lowest BCUT2D eigenvalue weighted by molar-refractivity contribution is -0.116. The second kappa shape index (κ2) is 9.46. The molecule has 5 rings (SSSR count). The average molecular weight is 485 g/mol. The summed E-state index contributed by atoms with van der Waals surface area (Å²) in [4.78, 5) is 40.1. The lowest BCUT2D eigenvalue weighted by Crippen LogP contribution is -2.41. The molecular formula is C27H23N3O6. The molecule has 0 aliphatic rings. The maximum atomic E-state index is 13.6. The number of furan rings is 1. The molecular weight excluding hydrogens is 462 g/mol. The van der Waals surface area contributed by atoms with E-state index in [0.29, 0.717) is 28.2 Å². The number of rotatable bonds is 7. The monoisotopic (exact) mass is 485 g/mol. The summed E-state index contributed by atoms with van der Waals surface area (Å²) in [7, 11) is 3.06. The number of fused-ring (bicyclic) bond motifs is 3. The second-order valence-electron chi connectivity index (χ2n) is 8.13. The number of hydrogen-bond donors (Lipinski definition) is 1. The van der Waals surface area contributed by atoms with Crippen molar-refractivity contribution in [2.75, 3.05) is 19.5 Å². The molecule has 1 amide bonds. The highest BCUT2D eigenvalue weighted by Gasteiger charge is 2.22. The Morgan fingerprint density at radius 3 is 2.36 bits per heavy atom. The highest BCUT2D eigenvalue weighted by Crippen LogP contribution is 2.26. The summed E-state index contributed by atoms with van der Waals surface area (Å²) in [5, 5.41) is 3.36. The van der Waals surface area contributed by atoms with E-state index in [1.54, 1.807) is 79.9 Å². The van der Waals surface area contributed by atoms with Crippen LogP contribution in [0.3, 0.4) is 0 Å². The summed E-state index contributed by atoms with van der Waals surface area (Å²) in [6.07, 6.45) is 0. The molecule has 3 aromatic carbocycles. The van der Waals surface area contributed by atoms with Gasteiger partial charge in [0.15, 0.2) is 0 Å². The van der Waals surface area contributed by atoms with Crippen molar-refractivity contribution in [3.05, 3.63) is 99.2 Å². The zero-order chi connectivity index (χ0) is 25.2. The van der Waals surface area contributed by atoms with Gasteiger partial charge in [0.05, 0.1) is 26.5 Å². The van der Waals surface area contributed by atoms with E-state index >= 15 is 0 Å². The van der Waals surface area contributed by atoms with E-state index in [1.165, 1.54) is 11.7 Å². The Morgan fingerprint density at radius 1 is 0.889 bits per heavy atom. The summed E-state index contributed by atoms with van der Waals surface area (Å²) in [6, 6.07) is 21.0. The van der Waals surface area contributed by atoms with Gasteiger partial charge in [0.25, 0.3) is 5.56 Å². The fraction of sp³-hybridized carbons (Fsp3) is 0.148. The van der Waals surface area contributed by atoms with E-state index in [0.717, 1.165) is 10.1 Å². The number of benzene rings is 3. The summed E-state index contributed by atoms with van der Waals surface area (Å²) in [5.74, 6) is 0.689. The molecule has 9 heteroatoms. The number of hydrogen-bond acceptors (Lipinski definition) is 6. The molecule has 1 N–H and O–H groups in total. The predicted molar refractivity (Wildman–Crippen MR) is 136 cm³/mol. The highest BCUT2D eigenvalue weighted by molar-refractivity contribution is 6.03. The molecule has 0 atom stereocenters. The van der Waals surface area contributed by atoms with Crippen LogP contribution in [0.5, 0.6) is 11.5 Å². The van der Waals surface area contributed by atoms with E-state index in [9.17, 15) is 14.4 Å². The maximum absolute atomic E-state index is 13.6. The van der Waals surface area contributed by atoms with E-state index in [4.69, 9.17) is 13.9 Å². The quantitative estimate of drug-likeness (QED) is 0.378. The SMILES string of the molecule is COc1ccc(Cn2c(=O)c3oc4ccccc4c3n(CC(=O)Nc3ccccc3OC)c2=O)cc1. The highest BCUT2D eigenvalue weighted by atomic mass is 16.5. The maximum Gasteiger partial charge on any atom is 0.332 e. The molecule has 9 nitrogen and oxygen atoms in total. The van der Waals surface area contributed by atoms with Crippen LogP contribution in [0.15, 0.2) is 86.8 Å². The molecule has 2 heterocycles. The first-order valence-corrected chi connectivity index (χ1v) is 11.2. The van der Waals surface area contributed by atoms with Gasteiger partial charge in [-0.25, -0.2) is 4.79 Å². The lowest BCUT2D eigenvalue weighted by Gasteiger charge is -2.13. The minimum atomic E-state index is -0.620. The van der Waals surface area contributed by atoms with Crippen LogP contribution < -0.4 is 26.0 Å². The molecule has 5 aromatic rings. The lowest BCUT2D eigenvalue weighted by atomic mass is 10.2. The number of ether oxygens (including phenoxy) is 2. The predicted octanol–water partition coefficient (Wildman–Crippen LogP) is 3.61. The standard InChI is InChI=1S/C27H23N3O6/c1-34-18-13-11-17(12-14-18)15-30-26(32)25-24(19-7-3-5-9-21(19)36-25)29(27(30)33)16-23(31)28-20-8-4-6-10-22(20)35-2/h3-14H,15-16H2,1-2H3,(H,28,31). The second-order valence-corrected chi connectivity index (χ2v) is 8.13. The van der Waals surface area contributed by atoms with Crippen LogP contribution in [0.25, 0.3) is 22.1 Å². The van der Waals surface area contributed by atoms with Crippen LogP contribution in [0, 0.1) is 0 Å². The number of carbonyl (C=O) groups excluding carboxylic acids is 1. The van der Waals surface area contributed by atoms with Gasteiger partial charge in [-0.1, -0.05) is 36.4 Å². The van der Waals surface area contributed by atoms with E-state index in [-0.39, 0.29) is 24.2 Å². The van der Waals surface area contributed by atoms with Crippen LogP contribution in [0.1, 0.15) is 5.56 Å². The molecule has 0 aliphatic heterocycles. The number of para-hydroxylation sites is 3. The van der Waals surface area contributed by atoms with Gasteiger partial charge in [-0.3, -0.25) is 18.7 Å². The van der Waals surface area contributed by atoms with Gasteiger partial charge in [0.2, 0.25) is 11.5 Å². The Balaban J connectivity index is 1.63. The Morgan fingerprint density at radius 2 is 1.61 bits per heavy atom. The molecule has 0 spiro atoms. The summed E-state index contributed by atoms with van der Waals surface area (Å²) < 4.78 is 18.7. The van der Waals surface area contributed by atoms with Gasteiger partial charge in [-0.2, -0.15) is 0 Å². The minimum Gasteiger partial charge on any atom is -0.497 e. The first kappa shape index (κ1) is 23.0. The van der Waals surface area contributed by atoms with Crippen molar-refractivity contribution in [3.63, 3.8) is 0 Å². The molecule has 182 valence electrons. The smallest absolute Gasteiger partial charge is 0.332 e. The molecule has 0 saturated carbocycles. The number of methoxy groups -OCH3 is 2. The van der Waals surface area contributed by atoms with Crippen LogP contribution in [0.2, 0.25) is 0 Å². The van der Waals surface area contributed by atoms with E-state index in [2.05, 4.69) is 5.32 Å². The largest absolute Gasteiger partial charge is 0.497 e. The van der Waals surface area contributed by atoms with Crippen LogP contribution in [-0.4, -0.2) is 29.3 Å². The Hall–Kier alpha value is -4.79. The fourth-order valence-corrected chi connectivity index (χ4v) is 4.18. The molecule has 36 heavy (non-hydrogen) atoms. The van der Waals surface area contributed by atoms with Crippen molar-refractivity contribution in [2.45, 2.75) is 13.1 Å². The Kier molecular flexibility index (Phi) is 6.03. The third-order valence-corrected chi connectivity index (χ3v) is 5.92. The minimum absolute atomic E-state index is 0.00275. The van der Waals surface area contributed by atoms with Gasteiger partial charge in [0.1, 0.15) is 29.1 Å². The third kappa shape index (κ3) is 4.11. The van der Waals surface area contributed by atoms with Gasteiger partial charge in [-0.15, -0.1) is 0 Å². The van der Waals surface area contributed by atoms with Crippen molar-refractivity contribution < 1.29 is 18.7 Å². The topological polar surface area (TPSA) is 105 Å².